The van der Waals surface area contributed by atoms with Gasteiger partial charge in [-0.15, -0.1) is 9.94 Å². The molecule has 0 saturated heterocycles. The molecule has 4 heteroatoms. The van der Waals surface area contributed by atoms with E-state index in [1.54, 1.807) is 6.20 Å². The summed E-state index contributed by atoms with van der Waals surface area (Å²) in [6.07, 6.45) is 2.69. The van der Waals surface area contributed by atoms with E-state index in [0.29, 0.717) is 0 Å². The Bertz CT molecular complexity index is 243. The van der Waals surface area contributed by atoms with Gasteiger partial charge in [-0.2, -0.15) is 0 Å². The van der Waals surface area contributed by atoms with Crippen molar-refractivity contribution in [1.82, 2.24) is 15.3 Å². The molecule has 2 rings (SSSR count). The molecule has 0 atom stereocenters. The molecular formula is C6H9N3O. The van der Waals surface area contributed by atoms with Crippen molar-refractivity contribution in [2.24, 2.45) is 0 Å². The fourth-order valence-corrected chi connectivity index (χ4v) is 1.22. The van der Waals surface area contributed by atoms with Gasteiger partial charge in [0.25, 0.3) is 0 Å². The summed E-state index contributed by atoms with van der Waals surface area (Å²) in [5.41, 5.74) is 2.05. The van der Waals surface area contributed by atoms with E-state index in [-0.39, 0.29) is 0 Å². The van der Waals surface area contributed by atoms with Crippen LogP contribution in [0.3, 0.4) is 0 Å². The van der Waals surface area contributed by atoms with Crippen LogP contribution in [0.2, 0.25) is 0 Å². The SMILES string of the molecule is On1ncc2c1CNCC2. The maximum absolute atomic E-state index is 9.06. The van der Waals surface area contributed by atoms with Gasteiger partial charge < -0.3 is 10.5 Å². The largest absolute Gasteiger partial charge is 0.411 e. The third-order valence-electron chi connectivity index (χ3n) is 1.80. The van der Waals surface area contributed by atoms with Crippen molar-refractivity contribution in [2.75, 3.05) is 6.54 Å². The summed E-state index contributed by atoms with van der Waals surface area (Å²) in [6, 6.07) is 0. The zero-order chi connectivity index (χ0) is 6.97. The number of rotatable bonds is 0. The van der Waals surface area contributed by atoms with E-state index in [4.69, 9.17) is 5.21 Å². The third-order valence-corrected chi connectivity index (χ3v) is 1.80. The molecule has 0 radical (unpaired) electrons. The second kappa shape index (κ2) is 1.98. The zero-order valence-corrected chi connectivity index (χ0v) is 5.54. The predicted octanol–water partition coefficient (Wildman–Crippen LogP) is -0.234. The topological polar surface area (TPSA) is 50.1 Å². The Morgan fingerprint density at radius 2 is 2.60 bits per heavy atom. The summed E-state index contributed by atoms with van der Waals surface area (Å²) in [6.45, 7) is 1.71. The number of fused-ring (bicyclic) bond motifs is 1. The molecule has 1 aromatic rings. The Morgan fingerprint density at radius 3 is 3.40 bits per heavy atom. The lowest BCUT2D eigenvalue weighted by molar-refractivity contribution is 0.137. The molecule has 10 heavy (non-hydrogen) atoms. The van der Waals surface area contributed by atoms with Crippen molar-refractivity contribution in [3.63, 3.8) is 0 Å². The first-order valence-corrected chi connectivity index (χ1v) is 3.33. The Kier molecular flexibility index (Phi) is 1.14. The van der Waals surface area contributed by atoms with Gasteiger partial charge in [-0.25, -0.2) is 0 Å². The van der Waals surface area contributed by atoms with Gasteiger partial charge in [-0.3, -0.25) is 0 Å². The van der Waals surface area contributed by atoms with Crippen LogP contribution in [0.5, 0.6) is 0 Å². The second-order valence-corrected chi connectivity index (χ2v) is 2.43. The fourth-order valence-electron chi connectivity index (χ4n) is 1.22. The highest BCUT2D eigenvalue weighted by atomic mass is 16.5. The molecule has 0 unspecified atom stereocenters. The van der Waals surface area contributed by atoms with E-state index in [0.717, 1.165) is 35.6 Å². The summed E-state index contributed by atoms with van der Waals surface area (Å²) in [5.74, 6) is 0. The lowest BCUT2D eigenvalue weighted by atomic mass is 10.1. The summed E-state index contributed by atoms with van der Waals surface area (Å²) >= 11 is 0. The van der Waals surface area contributed by atoms with Crippen molar-refractivity contribution >= 4 is 0 Å². The number of nitrogens with zero attached hydrogens (tertiary/aromatic N) is 2. The van der Waals surface area contributed by atoms with Crippen LogP contribution < -0.4 is 5.32 Å². The monoisotopic (exact) mass is 139 g/mol. The Hall–Kier alpha value is -1.03. The molecule has 0 aromatic carbocycles. The minimum absolute atomic E-state index is 0.728. The first kappa shape index (κ1) is 5.73. The van der Waals surface area contributed by atoms with E-state index in [1.807, 2.05) is 0 Å². The number of hydrogen-bond acceptors (Lipinski definition) is 3. The third kappa shape index (κ3) is 0.690. The van der Waals surface area contributed by atoms with Gasteiger partial charge >= 0.3 is 0 Å². The molecule has 2 N–H and O–H groups in total. The molecule has 54 valence electrons. The predicted molar refractivity (Wildman–Crippen MR) is 34.8 cm³/mol. The molecule has 0 bridgehead atoms. The van der Waals surface area contributed by atoms with Crippen LogP contribution in [0, 0.1) is 0 Å². The van der Waals surface area contributed by atoms with Crippen LogP contribution in [-0.2, 0) is 13.0 Å². The van der Waals surface area contributed by atoms with Crippen LogP contribution in [-0.4, -0.2) is 21.7 Å². The maximum Gasteiger partial charge on any atom is 0.0968 e. The molecule has 2 heterocycles. The van der Waals surface area contributed by atoms with Crippen LogP contribution in [0.1, 0.15) is 11.3 Å². The zero-order valence-electron chi connectivity index (χ0n) is 5.54. The normalized spacial score (nSPS) is 16.8. The number of nitrogens with one attached hydrogen (secondary N) is 1. The summed E-state index contributed by atoms with van der Waals surface area (Å²) < 4.78 is 0. The van der Waals surface area contributed by atoms with Crippen molar-refractivity contribution in [3.8, 4) is 0 Å². The van der Waals surface area contributed by atoms with Gasteiger partial charge in [-0.1, -0.05) is 0 Å². The van der Waals surface area contributed by atoms with Crippen molar-refractivity contribution < 1.29 is 5.21 Å². The maximum atomic E-state index is 9.06. The highest BCUT2D eigenvalue weighted by Crippen LogP contribution is 2.10. The minimum Gasteiger partial charge on any atom is -0.411 e. The Morgan fingerprint density at radius 1 is 1.70 bits per heavy atom. The first-order chi connectivity index (χ1) is 4.88. The van der Waals surface area contributed by atoms with Gasteiger partial charge in [0.2, 0.25) is 0 Å². The molecule has 1 aromatic heterocycles. The molecule has 4 nitrogen and oxygen atoms in total. The molecule has 0 saturated carbocycles. The number of hydrogen-bond donors (Lipinski definition) is 2. The van der Waals surface area contributed by atoms with Crippen LogP contribution in [0.15, 0.2) is 6.20 Å². The molecule has 1 aliphatic rings. The van der Waals surface area contributed by atoms with E-state index in [2.05, 4.69) is 10.4 Å². The molecule has 0 aliphatic carbocycles. The smallest absolute Gasteiger partial charge is 0.0968 e. The standard InChI is InChI=1S/C6H9N3O/c10-9-6-4-7-2-1-5(6)3-8-9/h3,7,10H,1-2,4H2. The van der Waals surface area contributed by atoms with Gasteiger partial charge in [0.15, 0.2) is 0 Å². The summed E-state index contributed by atoms with van der Waals surface area (Å²) in [5, 5.41) is 15.9. The summed E-state index contributed by atoms with van der Waals surface area (Å²) in [7, 11) is 0. The Labute approximate surface area is 58.4 Å². The summed E-state index contributed by atoms with van der Waals surface area (Å²) in [4.78, 5) is 0.946. The van der Waals surface area contributed by atoms with Crippen molar-refractivity contribution in [3.05, 3.63) is 17.5 Å². The second-order valence-electron chi connectivity index (χ2n) is 2.43. The highest BCUT2D eigenvalue weighted by Gasteiger charge is 2.13. The van der Waals surface area contributed by atoms with Gasteiger partial charge in [-0.05, 0) is 18.5 Å². The quantitative estimate of drug-likeness (QED) is 0.488. The fraction of sp³-hybridized carbons (Fsp3) is 0.500. The average Bonchev–Trinajstić information content (AvgIpc) is 2.34. The number of aromatic nitrogens is 2. The van der Waals surface area contributed by atoms with Gasteiger partial charge in [0.05, 0.1) is 11.9 Å². The van der Waals surface area contributed by atoms with Crippen LogP contribution in [0.25, 0.3) is 0 Å². The van der Waals surface area contributed by atoms with E-state index < -0.39 is 0 Å². The highest BCUT2D eigenvalue weighted by molar-refractivity contribution is 5.19. The van der Waals surface area contributed by atoms with Crippen molar-refractivity contribution in [1.29, 1.82) is 0 Å². The molecular weight excluding hydrogens is 130 g/mol. The lowest BCUT2D eigenvalue weighted by Gasteiger charge is -2.11. The first-order valence-electron chi connectivity index (χ1n) is 3.33. The van der Waals surface area contributed by atoms with E-state index in [1.165, 1.54) is 0 Å². The molecule has 0 fully saturated rings. The van der Waals surface area contributed by atoms with Gasteiger partial charge in [0.1, 0.15) is 0 Å². The van der Waals surface area contributed by atoms with Crippen LogP contribution in [0.4, 0.5) is 0 Å². The Balaban J connectivity index is 2.45. The molecule has 1 aliphatic heterocycles. The van der Waals surface area contributed by atoms with Crippen LogP contribution >= 0.6 is 0 Å². The van der Waals surface area contributed by atoms with E-state index >= 15 is 0 Å². The molecule has 0 spiro atoms. The average molecular weight is 139 g/mol. The van der Waals surface area contributed by atoms with Crippen molar-refractivity contribution in [2.45, 2.75) is 13.0 Å². The lowest BCUT2D eigenvalue weighted by Crippen LogP contribution is -2.24. The molecule has 0 amide bonds. The van der Waals surface area contributed by atoms with Gasteiger partial charge in [0, 0.05) is 6.54 Å². The minimum atomic E-state index is 0.728. The van der Waals surface area contributed by atoms with E-state index in [9.17, 15) is 0 Å².